The molecule has 152 valence electrons. The number of nitrogens with zero attached hydrogens (tertiary/aromatic N) is 1. The zero-order chi connectivity index (χ0) is 20.1. The summed E-state index contributed by atoms with van der Waals surface area (Å²) < 4.78 is 6.00. The molecule has 2 aromatic rings. The van der Waals surface area contributed by atoms with Crippen molar-refractivity contribution in [3.05, 3.63) is 64.2 Å². The first-order valence-corrected chi connectivity index (χ1v) is 10.8. The molecule has 5 heteroatoms. The fraction of sp³-hybridized carbons (Fsp3) is 0.458. The van der Waals surface area contributed by atoms with Crippen LogP contribution in [0.3, 0.4) is 0 Å². The second-order valence-corrected chi connectivity index (χ2v) is 9.68. The highest BCUT2D eigenvalue weighted by atomic mass is 35.5. The van der Waals surface area contributed by atoms with E-state index in [4.69, 9.17) is 16.3 Å². The van der Waals surface area contributed by atoms with Gasteiger partial charge in [-0.2, -0.15) is 0 Å². The van der Waals surface area contributed by atoms with Crippen LogP contribution in [0.1, 0.15) is 29.5 Å². The number of fused-ring (bicyclic) bond motifs is 1. The molecule has 0 unspecified atom stereocenters. The van der Waals surface area contributed by atoms with Gasteiger partial charge in [0.1, 0.15) is 5.75 Å². The second-order valence-electron chi connectivity index (χ2n) is 9.24. The quantitative estimate of drug-likeness (QED) is 0.740. The zero-order valence-corrected chi connectivity index (χ0v) is 17.3. The van der Waals surface area contributed by atoms with Gasteiger partial charge in [-0.3, -0.25) is 4.79 Å². The van der Waals surface area contributed by atoms with Crippen LogP contribution in [0.25, 0.3) is 0 Å². The number of halogens is 1. The fourth-order valence-electron chi connectivity index (χ4n) is 5.09. The molecule has 5 rings (SSSR count). The zero-order valence-electron chi connectivity index (χ0n) is 16.5. The summed E-state index contributed by atoms with van der Waals surface area (Å²) >= 11 is 5.93. The third-order valence-corrected chi connectivity index (χ3v) is 7.08. The van der Waals surface area contributed by atoms with Crippen molar-refractivity contribution >= 4 is 17.6 Å². The van der Waals surface area contributed by atoms with E-state index in [0.29, 0.717) is 12.0 Å². The molecule has 1 N–H and O–H groups in total. The number of carboxylic acids is 1. The highest BCUT2D eigenvalue weighted by Gasteiger charge is 2.55. The molecular weight excluding hydrogens is 386 g/mol. The summed E-state index contributed by atoms with van der Waals surface area (Å²) in [6, 6.07) is 14.4. The summed E-state index contributed by atoms with van der Waals surface area (Å²) in [7, 11) is 0. The molecule has 2 fully saturated rings. The van der Waals surface area contributed by atoms with E-state index in [1.54, 1.807) is 0 Å². The predicted molar refractivity (Wildman–Crippen MR) is 113 cm³/mol. The first-order valence-electron chi connectivity index (χ1n) is 10.4. The van der Waals surface area contributed by atoms with Gasteiger partial charge in [-0.05, 0) is 66.6 Å². The Balaban J connectivity index is 1.14. The molecule has 3 aliphatic rings. The predicted octanol–water partition coefficient (Wildman–Crippen LogP) is 4.23. The number of hydrogen-bond donors (Lipinski definition) is 1. The fourth-order valence-corrected chi connectivity index (χ4v) is 5.22. The van der Waals surface area contributed by atoms with Gasteiger partial charge in [-0.25, -0.2) is 0 Å². The third kappa shape index (κ3) is 3.76. The lowest BCUT2D eigenvalue weighted by atomic mass is 9.76. The molecule has 1 heterocycles. The standard InChI is InChI=1S/C24H26ClNO3/c25-20-4-1-17(2-5-20)7-10-29-21-6-3-18-12-23(13-19(18)11-21)14-26(15-23)16-24(8-9-24)22(27)28/h1-6,11H,7-10,12-16H2,(H,27,28). The van der Waals surface area contributed by atoms with Crippen LogP contribution in [0, 0.1) is 10.8 Å². The van der Waals surface area contributed by atoms with E-state index in [0.717, 1.165) is 62.5 Å². The van der Waals surface area contributed by atoms with Crippen molar-refractivity contribution in [1.29, 1.82) is 0 Å². The molecular formula is C24H26ClNO3. The molecule has 0 radical (unpaired) electrons. The summed E-state index contributed by atoms with van der Waals surface area (Å²) in [6.45, 7) is 3.41. The second kappa shape index (κ2) is 7.03. The van der Waals surface area contributed by atoms with Crippen molar-refractivity contribution in [2.45, 2.75) is 32.1 Å². The Kier molecular flexibility index (Phi) is 4.60. The Bertz CT molecular complexity index is 930. The molecule has 4 nitrogen and oxygen atoms in total. The molecule has 0 aromatic heterocycles. The van der Waals surface area contributed by atoms with Crippen molar-refractivity contribution < 1.29 is 14.6 Å². The van der Waals surface area contributed by atoms with Crippen LogP contribution in [0.4, 0.5) is 0 Å². The number of carboxylic acid groups (broad SMARTS) is 1. The minimum atomic E-state index is -0.617. The first kappa shape index (κ1) is 19.0. The number of aliphatic carboxylic acids is 1. The Hall–Kier alpha value is -2.04. The van der Waals surface area contributed by atoms with Gasteiger partial charge in [0.25, 0.3) is 0 Å². The summed E-state index contributed by atoms with van der Waals surface area (Å²) in [6.07, 6.45) is 4.71. The number of ether oxygens (including phenoxy) is 1. The third-order valence-electron chi connectivity index (χ3n) is 6.83. The SMILES string of the molecule is O=C(O)C1(CN2CC3(Cc4ccc(OCCc5ccc(Cl)cc5)cc4C3)C2)CC1. The molecule has 2 aliphatic carbocycles. The Morgan fingerprint density at radius 2 is 1.79 bits per heavy atom. The van der Waals surface area contributed by atoms with Gasteiger partial charge in [0.15, 0.2) is 0 Å². The van der Waals surface area contributed by atoms with E-state index in [-0.39, 0.29) is 0 Å². The van der Waals surface area contributed by atoms with Gasteiger partial charge in [-0.15, -0.1) is 0 Å². The summed E-state index contributed by atoms with van der Waals surface area (Å²) in [5.41, 5.74) is 3.90. The molecule has 1 spiro atoms. The molecule has 2 aromatic carbocycles. The van der Waals surface area contributed by atoms with Gasteiger partial charge in [0, 0.05) is 36.5 Å². The van der Waals surface area contributed by atoms with Crippen molar-refractivity contribution in [3.8, 4) is 5.75 Å². The van der Waals surface area contributed by atoms with Crippen LogP contribution < -0.4 is 4.74 Å². The average molecular weight is 412 g/mol. The van der Waals surface area contributed by atoms with Crippen molar-refractivity contribution in [1.82, 2.24) is 4.90 Å². The normalized spacial score (nSPS) is 20.9. The van der Waals surface area contributed by atoms with Crippen LogP contribution in [0.15, 0.2) is 42.5 Å². The van der Waals surface area contributed by atoms with Gasteiger partial charge in [-0.1, -0.05) is 29.8 Å². The van der Waals surface area contributed by atoms with Gasteiger partial charge in [0.2, 0.25) is 0 Å². The van der Waals surface area contributed by atoms with Gasteiger partial charge < -0.3 is 14.7 Å². The lowest BCUT2D eigenvalue weighted by Crippen LogP contribution is -2.58. The van der Waals surface area contributed by atoms with E-state index >= 15 is 0 Å². The summed E-state index contributed by atoms with van der Waals surface area (Å²) in [5, 5.41) is 10.2. The number of carbonyl (C=O) groups is 1. The highest BCUT2D eigenvalue weighted by Crippen LogP contribution is 2.51. The Morgan fingerprint density at radius 3 is 2.48 bits per heavy atom. The van der Waals surface area contributed by atoms with Crippen LogP contribution in [0.5, 0.6) is 5.75 Å². The summed E-state index contributed by atoms with van der Waals surface area (Å²) in [5.74, 6) is 0.322. The maximum Gasteiger partial charge on any atom is 0.310 e. The van der Waals surface area contributed by atoms with Crippen molar-refractivity contribution in [2.24, 2.45) is 10.8 Å². The number of benzene rings is 2. The van der Waals surface area contributed by atoms with Crippen molar-refractivity contribution in [2.75, 3.05) is 26.2 Å². The summed E-state index contributed by atoms with van der Waals surface area (Å²) in [4.78, 5) is 13.8. The van der Waals surface area contributed by atoms with E-state index in [9.17, 15) is 9.90 Å². The molecule has 1 saturated carbocycles. The first-order chi connectivity index (χ1) is 14.0. The monoisotopic (exact) mass is 411 g/mol. The van der Waals surface area contributed by atoms with Crippen LogP contribution in [0.2, 0.25) is 5.02 Å². The number of hydrogen-bond acceptors (Lipinski definition) is 3. The van der Waals surface area contributed by atoms with E-state index < -0.39 is 11.4 Å². The molecule has 0 bridgehead atoms. The van der Waals surface area contributed by atoms with E-state index in [1.165, 1.54) is 16.7 Å². The Labute approximate surface area is 176 Å². The van der Waals surface area contributed by atoms with Crippen LogP contribution >= 0.6 is 11.6 Å². The van der Waals surface area contributed by atoms with Crippen LogP contribution in [-0.4, -0.2) is 42.2 Å². The smallest absolute Gasteiger partial charge is 0.310 e. The lowest BCUT2D eigenvalue weighted by molar-refractivity contribution is -0.145. The maximum atomic E-state index is 11.4. The highest BCUT2D eigenvalue weighted by molar-refractivity contribution is 6.30. The topological polar surface area (TPSA) is 49.8 Å². The molecule has 0 amide bonds. The van der Waals surface area contributed by atoms with Crippen molar-refractivity contribution in [3.63, 3.8) is 0 Å². The number of rotatable bonds is 7. The Morgan fingerprint density at radius 1 is 1.07 bits per heavy atom. The average Bonchev–Trinajstić information content (AvgIpc) is 3.35. The van der Waals surface area contributed by atoms with Gasteiger partial charge in [0.05, 0.1) is 12.0 Å². The van der Waals surface area contributed by atoms with Crippen LogP contribution in [-0.2, 0) is 24.1 Å². The molecule has 0 atom stereocenters. The largest absolute Gasteiger partial charge is 0.493 e. The maximum absolute atomic E-state index is 11.4. The minimum absolute atomic E-state index is 0.304. The lowest BCUT2D eigenvalue weighted by Gasteiger charge is -2.49. The molecule has 1 saturated heterocycles. The van der Waals surface area contributed by atoms with E-state index in [2.05, 4.69) is 23.1 Å². The minimum Gasteiger partial charge on any atom is -0.493 e. The number of likely N-dealkylation sites (tertiary alicyclic amines) is 1. The van der Waals surface area contributed by atoms with Gasteiger partial charge >= 0.3 is 5.97 Å². The molecule has 29 heavy (non-hydrogen) atoms. The molecule has 1 aliphatic heterocycles. The van der Waals surface area contributed by atoms with E-state index in [1.807, 2.05) is 24.3 Å².